The van der Waals surface area contributed by atoms with Crippen LogP contribution in [-0.2, 0) is 16.8 Å². The Kier molecular flexibility index (Phi) is 5.34. The molecule has 0 spiro atoms. The summed E-state index contributed by atoms with van der Waals surface area (Å²) in [6.45, 7) is 3.45. The molecule has 23 heavy (non-hydrogen) atoms. The maximum Gasteiger partial charge on any atom is 0.220 e. The van der Waals surface area contributed by atoms with Gasteiger partial charge in [0.15, 0.2) is 0 Å². The quantitative estimate of drug-likeness (QED) is 0.757. The van der Waals surface area contributed by atoms with Gasteiger partial charge in [0, 0.05) is 6.42 Å². The summed E-state index contributed by atoms with van der Waals surface area (Å²) in [7, 11) is 0. The van der Waals surface area contributed by atoms with E-state index in [0.717, 1.165) is 5.56 Å². The fourth-order valence-electron chi connectivity index (χ4n) is 2.13. The highest BCUT2D eigenvalue weighted by atomic mass is 35.5. The first-order valence-corrected chi connectivity index (χ1v) is 7.69. The summed E-state index contributed by atoms with van der Waals surface area (Å²) >= 11 is 5.83. The first-order valence-electron chi connectivity index (χ1n) is 7.31. The predicted octanol–water partition coefficient (Wildman–Crippen LogP) is 2.90. The number of benzene rings is 1. The average molecular weight is 338 g/mol. The van der Waals surface area contributed by atoms with Crippen LogP contribution in [0.5, 0.6) is 5.75 Å². The molecule has 1 amide bonds. The molecule has 1 aromatic carbocycles. The van der Waals surface area contributed by atoms with Gasteiger partial charge in [-0.3, -0.25) is 4.79 Å². The van der Waals surface area contributed by atoms with Crippen molar-refractivity contribution in [3.63, 3.8) is 0 Å². The van der Waals surface area contributed by atoms with Crippen LogP contribution in [0.15, 0.2) is 34.7 Å². The maximum atomic E-state index is 11.9. The topological polar surface area (TPSA) is 82.7 Å². The van der Waals surface area contributed by atoms with Crippen LogP contribution in [0.1, 0.15) is 30.4 Å². The van der Waals surface area contributed by atoms with E-state index in [9.17, 15) is 15.0 Å². The second kappa shape index (κ2) is 7.06. The van der Waals surface area contributed by atoms with Gasteiger partial charge in [-0.05, 0) is 50.1 Å². The third-order valence-electron chi connectivity index (χ3n) is 3.55. The number of aliphatic hydroxyl groups is 1. The van der Waals surface area contributed by atoms with Crippen LogP contribution in [0, 0.1) is 6.92 Å². The Labute approximate surface area is 139 Å². The van der Waals surface area contributed by atoms with Crippen molar-refractivity contribution in [1.82, 2.24) is 5.32 Å². The number of carbonyl (C=O) groups excluding carboxylic acids is 1. The SMILES string of the molecule is Cc1ccc(C(C)(O)CNC(=O)CCc2ccc(O)c(Cl)c2)o1. The predicted molar refractivity (Wildman–Crippen MR) is 87.5 cm³/mol. The minimum absolute atomic E-state index is 0.0182. The minimum atomic E-state index is -1.26. The summed E-state index contributed by atoms with van der Waals surface area (Å²) in [6.07, 6.45) is 0.752. The van der Waals surface area contributed by atoms with Gasteiger partial charge in [-0.1, -0.05) is 17.7 Å². The molecule has 0 saturated heterocycles. The Morgan fingerprint density at radius 2 is 2.09 bits per heavy atom. The van der Waals surface area contributed by atoms with E-state index in [1.54, 1.807) is 38.1 Å². The molecule has 2 rings (SSSR count). The second-order valence-corrected chi connectivity index (χ2v) is 6.15. The first kappa shape index (κ1) is 17.4. The van der Waals surface area contributed by atoms with E-state index in [1.807, 2.05) is 0 Å². The van der Waals surface area contributed by atoms with Crippen molar-refractivity contribution < 1.29 is 19.4 Å². The molecule has 0 aliphatic carbocycles. The summed E-state index contributed by atoms with van der Waals surface area (Å²) in [5, 5.41) is 22.7. The van der Waals surface area contributed by atoms with Gasteiger partial charge in [0.1, 0.15) is 22.9 Å². The Balaban J connectivity index is 1.84. The maximum absolute atomic E-state index is 11.9. The van der Waals surface area contributed by atoms with Crippen molar-refractivity contribution in [2.24, 2.45) is 0 Å². The third-order valence-corrected chi connectivity index (χ3v) is 3.86. The van der Waals surface area contributed by atoms with Crippen LogP contribution >= 0.6 is 11.6 Å². The van der Waals surface area contributed by atoms with Crippen LogP contribution in [0.3, 0.4) is 0 Å². The molecular formula is C17H20ClNO4. The van der Waals surface area contributed by atoms with Gasteiger partial charge in [-0.2, -0.15) is 0 Å². The molecule has 0 aliphatic rings. The van der Waals surface area contributed by atoms with E-state index in [1.165, 1.54) is 6.07 Å². The Morgan fingerprint density at radius 3 is 2.70 bits per heavy atom. The molecule has 1 atom stereocenters. The third kappa shape index (κ3) is 4.74. The molecule has 0 saturated carbocycles. The first-order chi connectivity index (χ1) is 10.8. The lowest BCUT2D eigenvalue weighted by Crippen LogP contribution is -2.38. The van der Waals surface area contributed by atoms with Gasteiger partial charge in [0.25, 0.3) is 0 Å². The highest BCUT2D eigenvalue weighted by molar-refractivity contribution is 6.32. The summed E-state index contributed by atoms with van der Waals surface area (Å²) in [4.78, 5) is 11.9. The molecule has 1 aromatic heterocycles. The molecule has 3 N–H and O–H groups in total. The average Bonchev–Trinajstić information content (AvgIpc) is 2.94. The standard InChI is InChI=1S/C17H20ClNO4/c1-11-3-7-15(23-11)17(2,22)10-19-16(21)8-5-12-4-6-14(20)13(18)9-12/h3-4,6-7,9,20,22H,5,8,10H2,1-2H3,(H,19,21). The summed E-state index contributed by atoms with van der Waals surface area (Å²) in [6, 6.07) is 8.31. The lowest BCUT2D eigenvalue weighted by molar-refractivity contribution is -0.122. The van der Waals surface area contributed by atoms with E-state index in [4.69, 9.17) is 16.0 Å². The monoisotopic (exact) mass is 337 g/mol. The van der Waals surface area contributed by atoms with Crippen LogP contribution in [0.2, 0.25) is 5.02 Å². The van der Waals surface area contributed by atoms with Crippen molar-refractivity contribution in [3.8, 4) is 5.75 Å². The van der Waals surface area contributed by atoms with Gasteiger partial charge in [-0.25, -0.2) is 0 Å². The smallest absolute Gasteiger partial charge is 0.220 e. The molecule has 124 valence electrons. The molecule has 5 nitrogen and oxygen atoms in total. The molecule has 2 aromatic rings. The molecule has 0 fully saturated rings. The number of furan rings is 1. The Bertz CT molecular complexity index is 694. The normalized spacial score (nSPS) is 13.6. The summed E-state index contributed by atoms with van der Waals surface area (Å²) in [5.74, 6) is 0.957. The van der Waals surface area contributed by atoms with Gasteiger partial charge in [0.05, 0.1) is 11.6 Å². The van der Waals surface area contributed by atoms with Crippen molar-refractivity contribution >= 4 is 17.5 Å². The molecular weight excluding hydrogens is 318 g/mol. The van der Waals surface area contributed by atoms with Crippen LogP contribution in [0.25, 0.3) is 0 Å². The largest absolute Gasteiger partial charge is 0.506 e. The number of hydrogen-bond donors (Lipinski definition) is 3. The number of phenols is 1. The van der Waals surface area contributed by atoms with Crippen molar-refractivity contribution in [2.45, 2.75) is 32.3 Å². The zero-order valence-corrected chi connectivity index (χ0v) is 13.9. The Hall–Kier alpha value is -1.98. The van der Waals surface area contributed by atoms with Gasteiger partial charge in [0.2, 0.25) is 5.91 Å². The summed E-state index contributed by atoms with van der Waals surface area (Å²) < 4.78 is 5.39. The molecule has 0 radical (unpaired) electrons. The second-order valence-electron chi connectivity index (χ2n) is 5.75. The number of phenolic OH excluding ortho intramolecular Hbond substituents is 1. The zero-order chi connectivity index (χ0) is 17.0. The molecule has 1 unspecified atom stereocenters. The van der Waals surface area contributed by atoms with Gasteiger partial charge in [-0.15, -0.1) is 0 Å². The number of amides is 1. The highest BCUT2D eigenvalue weighted by Crippen LogP contribution is 2.24. The number of aromatic hydroxyl groups is 1. The van der Waals surface area contributed by atoms with Crippen LogP contribution < -0.4 is 5.32 Å². The van der Waals surface area contributed by atoms with Crippen molar-refractivity contribution in [1.29, 1.82) is 0 Å². The molecule has 0 bridgehead atoms. The Morgan fingerprint density at radius 1 is 1.35 bits per heavy atom. The molecule has 6 heteroatoms. The van der Waals surface area contributed by atoms with E-state index in [2.05, 4.69) is 5.32 Å². The van der Waals surface area contributed by atoms with Gasteiger partial charge < -0.3 is 19.9 Å². The van der Waals surface area contributed by atoms with E-state index in [0.29, 0.717) is 17.9 Å². The molecule has 0 aliphatic heterocycles. The number of hydrogen-bond acceptors (Lipinski definition) is 4. The zero-order valence-electron chi connectivity index (χ0n) is 13.1. The number of nitrogens with one attached hydrogen (secondary N) is 1. The van der Waals surface area contributed by atoms with Gasteiger partial charge >= 0.3 is 0 Å². The van der Waals surface area contributed by atoms with Crippen LogP contribution in [0.4, 0.5) is 0 Å². The van der Waals surface area contributed by atoms with E-state index >= 15 is 0 Å². The number of carbonyl (C=O) groups is 1. The fourth-order valence-corrected chi connectivity index (χ4v) is 2.34. The fraction of sp³-hybridized carbons (Fsp3) is 0.353. The minimum Gasteiger partial charge on any atom is -0.506 e. The lowest BCUT2D eigenvalue weighted by Gasteiger charge is -2.21. The van der Waals surface area contributed by atoms with Crippen molar-refractivity contribution in [3.05, 3.63) is 52.4 Å². The number of rotatable bonds is 6. The van der Waals surface area contributed by atoms with Crippen molar-refractivity contribution in [2.75, 3.05) is 6.54 Å². The highest BCUT2D eigenvalue weighted by Gasteiger charge is 2.27. The van der Waals surface area contributed by atoms with E-state index in [-0.39, 0.29) is 29.6 Å². The van der Waals surface area contributed by atoms with Crippen LogP contribution in [-0.4, -0.2) is 22.7 Å². The molecule has 1 heterocycles. The van der Waals surface area contributed by atoms with E-state index < -0.39 is 5.60 Å². The summed E-state index contributed by atoms with van der Waals surface area (Å²) in [5.41, 5.74) is -0.400. The number of aryl methyl sites for hydroxylation is 2. The number of halogens is 1. The lowest BCUT2D eigenvalue weighted by atomic mass is 10.0.